The van der Waals surface area contributed by atoms with Gasteiger partial charge in [-0.15, -0.1) is 0 Å². The minimum absolute atomic E-state index is 0.115. The Morgan fingerprint density at radius 2 is 1.69 bits per heavy atom. The average Bonchev–Trinajstić information content (AvgIpc) is 2.26. The van der Waals surface area contributed by atoms with E-state index in [1.165, 1.54) is 0 Å². The van der Waals surface area contributed by atoms with Crippen molar-refractivity contribution < 1.29 is 19.8 Å². The zero-order valence-electron chi connectivity index (χ0n) is 8.54. The first-order chi connectivity index (χ1) is 7.52. The molecule has 16 heavy (non-hydrogen) atoms. The van der Waals surface area contributed by atoms with Crippen LogP contribution in [0.15, 0.2) is 30.3 Å². The normalized spacial score (nSPS) is 14.1. The smallest absolute Gasteiger partial charge is 0.321 e. The van der Waals surface area contributed by atoms with E-state index in [4.69, 9.17) is 15.9 Å². The molecule has 4 N–H and O–H groups in total. The van der Waals surface area contributed by atoms with E-state index in [-0.39, 0.29) is 6.42 Å². The molecular weight excluding hydrogens is 210 g/mol. The predicted octanol–water partition coefficient (Wildman–Crippen LogP) is 0.342. The molecule has 0 aliphatic rings. The van der Waals surface area contributed by atoms with Gasteiger partial charge in [0.2, 0.25) is 0 Å². The number of hydrogen-bond acceptors (Lipinski definition) is 3. The Morgan fingerprint density at radius 3 is 2.12 bits per heavy atom. The minimum atomic E-state index is -1.39. The van der Waals surface area contributed by atoms with Crippen LogP contribution in [0.2, 0.25) is 0 Å². The molecule has 0 amide bonds. The molecule has 0 heterocycles. The number of hydrogen-bond donors (Lipinski definition) is 3. The van der Waals surface area contributed by atoms with Crippen LogP contribution < -0.4 is 5.73 Å². The molecule has 0 aliphatic heterocycles. The molecule has 0 unspecified atom stereocenters. The summed E-state index contributed by atoms with van der Waals surface area (Å²) < 4.78 is 0. The van der Waals surface area contributed by atoms with Crippen LogP contribution in [0, 0.1) is 5.92 Å². The van der Waals surface area contributed by atoms with Gasteiger partial charge in [-0.05, 0) is 12.0 Å². The van der Waals surface area contributed by atoms with Crippen LogP contribution in [0.5, 0.6) is 0 Å². The maximum absolute atomic E-state index is 10.9. The second-order valence-corrected chi connectivity index (χ2v) is 3.50. The third-order valence-corrected chi connectivity index (χ3v) is 2.33. The van der Waals surface area contributed by atoms with Gasteiger partial charge in [0.15, 0.2) is 0 Å². The van der Waals surface area contributed by atoms with E-state index in [1.807, 2.05) is 0 Å². The van der Waals surface area contributed by atoms with E-state index in [9.17, 15) is 9.59 Å². The van der Waals surface area contributed by atoms with Gasteiger partial charge >= 0.3 is 11.9 Å². The fourth-order valence-electron chi connectivity index (χ4n) is 1.41. The quantitative estimate of drug-likeness (QED) is 0.668. The van der Waals surface area contributed by atoms with E-state index < -0.39 is 23.9 Å². The molecular formula is C11H13NO4. The molecule has 1 aromatic carbocycles. The monoisotopic (exact) mass is 223 g/mol. The lowest BCUT2D eigenvalue weighted by Gasteiger charge is -2.16. The zero-order valence-corrected chi connectivity index (χ0v) is 8.54. The molecule has 0 aromatic heterocycles. The van der Waals surface area contributed by atoms with Gasteiger partial charge in [-0.3, -0.25) is 9.59 Å². The van der Waals surface area contributed by atoms with E-state index in [0.717, 1.165) is 5.56 Å². The molecule has 5 nitrogen and oxygen atoms in total. The van der Waals surface area contributed by atoms with Gasteiger partial charge in [0.25, 0.3) is 0 Å². The summed E-state index contributed by atoms with van der Waals surface area (Å²) in [4.78, 5) is 21.6. The summed E-state index contributed by atoms with van der Waals surface area (Å²) >= 11 is 0. The van der Waals surface area contributed by atoms with E-state index in [0.29, 0.717) is 0 Å². The highest BCUT2D eigenvalue weighted by Crippen LogP contribution is 2.12. The summed E-state index contributed by atoms with van der Waals surface area (Å²) in [5.41, 5.74) is 6.09. The summed E-state index contributed by atoms with van der Waals surface area (Å²) in [6, 6.07) is 7.42. The van der Waals surface area contributed by atoms with Crippen molar-refractivity contribution in [3.63, 3.8) is 0 Å². The Kier molecular flexibility index (Phi) is 4.02. The van der Waals surface area contributed by atoms with Gasteiger partial charge in [-0.1, -0.05) is 30.3 Å². The third kappa shape index (κ3) is 3.06. The van der Waals surface area contributed by atoms with Crippen LogP contribution in [0.1, 0.15) is 5.56 Å². The van der Waals surface area contributed by atoms with Crippen LogP contribution >= 0.6 is 0 Å². The van der Waals surface area contributed by atoms with E-state index in [1.54, 1.807) is 30.3 Å². The molecule has 86 valence electrons. The average molecular weight is 223 g/mol. The Morgan fingerprint density at radius 1 is 1.12 bits per heavy atom. The van der Waals surface area contributed by atoms with Gasteiger partial charge in [-0.2, -0.15) is 0 Å². The second-order valence-electron chi connectivity index (χ2n) is 3.50. The highest BCUT2D eigenvalue weighted by atomic mass is 16.4. The molecule has 0 saturated heterocycles. The molecule has 0 fully saturated rings. The zero-order chi connectivity index (χ0) is 12.1. The Labute approximate surface area is 92.5 Å². The number of carboxylic acid groups (broad SMARTS) is 2. The highest BCUT2D eigenvalue weighted by Gasteiger charge is 2.30. The first-order valence-electron chi connectivity index (χ1n) is 4.77. The summed E-state index contributed by atoms with van der Waals surface area (Å²) in [6.07, 6.45) is 0.115. The van der Waals surface area contributed by atoms with E-state index >= 15 is 0 Å². The summed E-state index contributed by atoms with van der Waals surface area (Å²) in [6.45, 7) is 0. The number of carbonyl (C=O) groups is 2. The molecule has 5 heteroatoms. The fraction of sp³-hybridized carbons (Fsp3) is 0.273. The lowest BCUT2D eigenvalue weighted by Crippen LogP contribution is -2.43. The van der Waals surface area contributed by atoms with Crippen molar-refractivity contribution in [1.29, 1.82) is 0 Å². The maximum atomic E-state index is 10.9. The van der Waals surface area contributed by atoms with Gasteiger partial charge in [-0.25, -0.2) is 0 Å². The predicted molar refractivity (Wildman–Crippen MR) is 56.9 cm³/mol. The van der Waals surface area contributed by atoms with E-state index in [2.05, 4.69) is 0 Å². The fourth-order valence-corrected chi connectivity index (χ4v) is 1.41. The van der Waals surface area contributed by atoms with Crippen molar-refractivity contribution in [3.05, 3.63) is 35.9 Å². The van der Waals surface area contributed by atoms with Crippen molar-refractivity contribution in [2.75, 3.05) is 0 Å². The standard InChI is InChI=1S/C11H13NO4/c12-9(11(15)16)8(10(13)14)6-7-4-2-1-3-5-7/h1-5,8-9H,6,12H2,(H,13,14)(H,15,16)/t8-,9-/m0/s1. The largest absolute Gasteiger partial charge is 0.481 e. The Balaban J connectivity index is 2.81. The third-order valence-electron chi connectivity index (χ3n) is 2.33. The molecule has 0 aliphatic carbocycles. The SMILES string of the molecule is N[C@H](C(=O)O)[C@H](Cc1ccccc1)C(=O)O. The van der Waals surface area contributed by atoms with Gasteiger partial charge in [0, 0.05) is 0 Å². The lowest BCUT2D eigenvalue weighted by atomic mass is 9.93. The molecule has 0 spiro atoms. The minimum Gasteiger partial charge on any atom is -0.481 e. The first-order valence-corrected chi connectivity index (χ1v) is 4.77. The van der Waals surface area contributed by atoms with Crippen LogP contribution in [0.4, 0.5) is 0 Å². The summed E-state index contributed by atoms with van der Waals surface area (Å²) in [5, 5.41) is 17.6. The van der Waals surface area contributed by atoms with Crippen LogP contribution in [0.3, 0.4) is 0 Å². The van der Waals surface area contributed by atoms with Gasteiger partial charge in [0.05, 0.1) is 5.92 Å². The topological polar surface area (TPSA) is 101 Å². The van der Waals surface area contributed by atoms with Crippen molar-refractivity contribution in [2.45, 2.75) is 12.5 Å². The van der Waals surface area contributed by atoms with Crippen LogP contribution in [-0.4, -0.2) is 28.2 Å². The van der Waals surface area contributed by atoms with Crippen molar-refractivity contribution in [3.8, 4) is 0 Å². The maximum Gasteiger partial charge on any atom is 0.321 e. The van der Waals surface area contributed by atoms with Crippen molar-refractivity contribution >= 4 is 11.9 Å². The lowest BCUT2D eigenvalue weighted by molar-refractivity contribution is -0.149. The summed E-state index contributed by atoms with van der Waals surface area (Å²) in [7, 11) is 0. The number of benzene rings is 1. The first kappa shape index (κ1) is 12.2. The Hall–Kier alpha value is -1.88. The number of nitrogens with two attached hydrogens (primary N) is 1. The van der Waals surface area contributed by atoms with Crippen LogP contribution in [-0.2, 0) is 16.0 Å². The van der Waals surface area contributed by atoms with Crippen LogP contribution in [0.25, 0.3) is 0 Å². The molecule has 0 saturated carbocycles. The highest BCUT2D eigenvalue weighted by molar-refractivity contribution is 5.82. The molecule has 0 bridgehead atoms. The van der Waals surface area contributed by atoms with Crippen molar-refractivity contribution in [2.24, 2.45) is 11.7 Å². The molecule has 1 rings (SSSR count). The van der Waals surface area contributed by atoms with Gasteiger partial charge in [0.1, 0.15) is 6.04 Å². The van der Waals surface area contributed by atoms with Crippen molar-refractivity contribution in [1.82, 2.24) is 0 Å². The van der Waals surface area contributed by atoms with Gasteiger partial charge < -0.3 is 15.9 Å². The Bertz CT molecular complexity index is 377. The molecule has 0 radical (unpaired) electrons. The molecule has 1 aromatic rings. The molecule has 2 atom stereocenters. The summed E-state index contributed by atoms with van der Waals surface area (Å²) in [5.74, 6) is -3.61. The number of aliphatic carboxylic acids is 2. The number of rotatable bonds is 5. The number of carboxylic acids is 2. The second kappa shape index (κ2) is 5.27.